The van der Waals surface area contributed by atoms with Gasteiger partial charge in [0.1, 0.15) is 0 Å². The lowest BCUT2D eigenvalue weighted by Crippen LogP contribution is -2.23. The minimum Gasteiger partial charge on any atom is -0.475 e. The van der Waals surface area contributed by atoms with Gasteiger partial charge in [-0.15, -0.1) is 0 Å². The lowest BCUT2D eigenvalue weighted by Gasteiger charge is -2.15. The second-order valence-electron chi connectivity index (χ2n) is 3.51. The van der Waals surface area contributed by atoms with Crippen molar-refractivity contribution in [3.63, 3.8) is 0 Å². The number of hydrogen-bond acceptors (Lipinski definition) is 4. The smallest absolute Gasteiger partial charge is 0.372 e. The zero-order chi connectivity index (χ0) is 12.0. The molecule has 0 amide bonds. The summed E-state index contributed by atoms with van der Waals surface area (Å²) in [6.45, 7) is 4.59. The molecular weight excluding hydrogens is 210 g/mol. The highest BCUT2D eigenvalue weighted by molar-refractivity contribution is 5.86. The number of aromatic carboxylic acids is 1. The molecule has 0 radical (unpaired) electrons. The molecule has 0 bridgehead atoms. The third kappa shape index (κ3) is 3.67. The number of ether oxygens (including phenoxy) is 1. The lowest BCUT2D eigenvalue weighted by molar-refractivity contribution is 0.0659. The summed E-state index contributed by atoms with van der Waals surface area (Å²) in [7, 11) is 1.91. The fourth-order valence-electron chi connectivity index (χ4n) is 1.38. The summed E-state index contributed by atoms with van der Waals surface area (Å²) in [6, 6.07) is 1.68. The topological polar surface area (TPSA) is 62.9 Å². The molecule has 1 heterocycles. The standard InChI is InChI=1S/C11H17NO4/c1-3-15-7-5-12(2)8-9-4-6-16-10(9)11(13)14/h4,6H,3,5,7-8H2,1-2H3,(H,13,14). The number of rotatable bonds is 7. The molecule has 0 spiro atoms. The Morgan fingerprint density at radius 2 is 2.38 bits per heavy atom. The molecule has 0 aliphatic rings. The van der Waals surface area contributed by atoms with Crippen LogP contribution >= 0.6 is 0 Å². The van der Waals surface area contributed by atoms with Gasteiger partial charge >= 0.3 is 5.97 Å². The third-order valence-corrected chi connectivity index (χ3v) is 2.20. The Hall–Kier alpha value is -1.33. The van der Waals surface area contributed by atoms with Crippen molar-refractivity contribution >= 4 is 5.97 Å². The van der Waals surface area contributed by atoms with Gasteiger partial charge in [-0.3, -0.25) is 4.90 Å². The molecule has 5 heteroatoms. The molecule has 0 aliphatic heterocycles. The Morgan fingerprint density at radius 1 is 1.62 bits per heavy atom. The highest BCUT2D eigenvalue weighted by Crippen LogP contribution is 2.12. The second kappa shape index (κ2) is 6.30. The van der Waals surface area contributed by atoms with Crippen LogP contribution in [0.3, 0.4) is 0 Å². The zero-order valence-electron chi connectivity index (χ0n) is 9.60. The van der Waals surface area contributed by atoms with Crippen molar-refractivity contribution in [1.82, 2.24) is 4.90 Å². The Labute approximate surface area is 94.6 Å². The van der Waals surface area contributed by atoms with Crippen molar-refractivity contribution in [3.8, 4) is 0 Å². The van der Waals surface area contributed by atoms with Gasteiger partial charge in [-0.1, -0.05) is 0 Å². The summed E-state index contributed by atoms with van der Waals surface area (Å²) in [5.74, 6) is -1.01. The van der Waals surface area contributed by atoms with Crippen LogP contribution in [0.1, 0.15) is 23.0 Å². The summed E-state index contributed by atoms with van der Waals surface area (Å²) in [6.07, 6.45) is 1.40. The molecule has 5 nitrogen and oxygen atoms in total. The van der Waals surface area contributed by atoms with Gasteiger partial charge in [0.25, 0.3) is 0 Å². The summed E-state index contributed by atoms with van der Waals surface area (Å²) in [5, 5.41) is 8.84. The third-order valence-electron chi connectivity index (χ3n) is 2.20. The maximum Gasteiger partial charge on any atom is 0.372 e. The minimum atomic E-state index is -1.03. The molecule has 1 aromatic rings. The van der Waals surface area contributed by atoms with E-state index in [-0.39, 0.29) is 5.76 Å². The van der Waals surface area contributed by atoms with Gasteiger partial charge in [0.05, 0.1) is 12.9 Å². The highest BCUT2D eigenvalue weighted by atomic mass is 16.5. The molecule has 16 heavy (non-hydrogen) atoms. The van der Waals surface area contributed by atoms with Crippen molar-refractivity contribution in [1.29, 1.82) is 0 Å². The number of carboxylic acid groups (broad SMARTS) is 1. The van der Waals surface area contributed by atoms with E-state index in [9.17, 15) is 4.79 Å². The van der Waals surface area contributed by atoms with E-state index >= 15 is 0 Å². The van der Waals surface area contributed by atoms with Crippen molar-refractivity contribution in [3.05, 3.63) is 23.7 Å². The van der Waals surface area contributed by atoms with Crippen LogP contribution in [0.25, 0.3) is 0 Å². The molecule has 0 aromatic carbocycles. The van der Waals surface area contributed by atoms with Crippen molar-refractivity contribution in [2.45, 2.75) is 13.5 Å². The van der Waals surface area contributed by atoms with E-state index in [4.69, 9.17) is 14.3 Å². The van der Waals surface area contributed by atoms with Gasteiger partial charge in [0, 0.05) is 25.3 Å². The summed E-state index contributed by atoms with van der Waals surface area (Å²) in [5.41, 5.74) is 0.687. The van der Waals surface area contributed by atoms with E-state index in [0.717, 1.165) is 6.54 Å². The van der Waals surface area contributed by atoms with E-state index in [1.165, 1.54) is 6.26 Å². The minimum absolute atomic E-state index is 0.0169. The van der Waals surface area contributed by atoms with Gasteiger partial charge in [-0.05, 0) is 20.0 Å². The van der Waals surface area contributed by atoms with Gasteiger partial charge < -0.3 is 14.3 Å². The molecule has 1 rings (SSSR count). The molecule has 0 fully saturated rings. The first-order chi connectivity index (χ1) is 7.65. The number of carboxylic acids is 1. The molecule has 0 unspecified atom stereocenters. The predicted octanol–water partition coefficient (Wildman–Crippen LogP) is 1.45. The summed E-state index contributed by atoms with van der Waals surface area (Å²) >= 11 is 0. The van der Waals surface area contributed by atoms with Crippen LogP contribution in [0.5, 0.6) is 0 Å². The number of hydrogen-bond donors (Lipinski definition) is 1. The van der Waals surface area contributed by atoms with Crippen LogP contribution in [0.4, 0.5) is 0 Å². The van der Waals surface area contributed by atoms with Crippen molar-refractivity contribution in [2.75, 3.05) is 26.8 Å². The number of carbonyl (C=O) groups is 1. The first-order valence-corrected chi connectivity index (χ1v) is 5.21. The molecule has 0 aliphatic carbocycles. The number of furan rings is 1. The normalized spacial score (nSPS) is 10.9. The lowest BCUT2D eigenvalue weighted by atomic mass is 10.2. The predicted molar refractivity (Wildman–Crippen MR) is 58.5 cm³/mol. The van der Waals surface area contributed by atoms with E-state index in [1.807, 2.05) is 18.9 Å². The molecule has 90 valence electrons. The van der Waals surface area contributed by atoms with Crippen molar-refractivity contribution in [2.24, 2.45) is 0 Å². The fourth-order valence-corrected chi connectivity index (χ4v) is 1.38. The van der Waals surface area contributed by atoms with Gasteiger partial charge in [-0.2, -0.15) is 0 Å². The van der Waals surface area contributed by atoms with E-state index in [1.54, 1.807) is 6.07 Å². The number of nitrogens with zero attached hydrogens (tertiary/aromatic N) is 1. The van der Waals surface area contributed by atoms with Gasteiger partial charge in [0.15, 0.2) is 0 Å². The SMILES string of the molecule is CCOCCN(C)Cc1ccoc1C(=O)O. The molecule has 0 atom stereocenters. The number of likely N-dealkylation sites (N-methyl/N-ethyl adjacent to an activating group) is 1. The highest BCUT2D eigenvalue weighted by Gasteiger charge is 2.14. The van der Waals surface area contributed by atoms with Gasteiger partial charge in [-0.25, -0.2) is 4.79 Å². The van der Waals surface area contributed by atoms with Crippen LogP contribution in [-0.4, -0.2) is 42.8 Å². The molecule has 1 N–H and O–H groups in total. The fraction of sp³-hybridized carbons (Fsp3) is 0.545. The molecule has 0 saturated carbocycles. The van der Waals surface area contributed by atoms with E-state index in [0.29, 0.717) is 25.3 Å². The average Bonchev–Trinajstić information content (AvgIpc) is 2.66. The van der Waals surface area contributed by atoms with Crippen LogP contribution in [-0.2, 0) is 11.3 Å². The first-order valence-electron chi connectivity index (χ1n) is 5.21. The van der Waals surface area contributed by atoms with Crippen LogP contribution in [0.2, 0.25) is 0 Å². The Bertz CT molecular complexity index is 334. The van der Waals surface area contributed by atoms with Crippen LogP contribution in [0.15, 0.2) is 16.7 Å². The van der Waals surface area contributed by atoms with Crippen molar-refractivity contribution < 1.29 is 19.1 Å². The van der Waals surface area contributed by atoms with Crippen LogP contribution in [0, 0.1) is 0 Å². The average molecular weight is 227 g/mol. The monoisotopic (exact) mass is 227 g/mol. The molecule has 0 saturated heterocycles. The second-order valence-corrected chi connectivity index (χ2v) is 3.51. The van der Waals surface area contributed by atoms with Crippen LogP contribution < -0.4 is 0 Å². The Kier molecular flexibility index (Phi) is 5.01. The molecular formula is C11H17NO4. The maximum atomic E-state index is 10.8. The Morgan fingerprint density at radius 3 is 3.00 bits per heavy atom. The largest absolute Gasteiger partial charge is 0.475 e. The first kappa shape index (κ1) is 12.7. The quantitative estimate of drug-likeness (QED) is 0.714. The van der Waals surface area contributed by atoms with E-state index < -0.39 is 5.97 Å². The van der Waals surface area contributed by atoms with E-state index in [2.05, 4.69) is 0 Å². The van der Waals surface area contributed by atoms with Gasteiger partial charge in [0.2, 0.25) is 5.76 Å². The molecule has 1 aromatic heterocycles. The maximum absolute atomic E-state index is 10.8. The zero-order valence-corrected chi connectivity index (χ0v) is 9.60. The summed E-state index contributed by atoms with van der Waals surface area (Å²) in [4.78, 5) is 12.8. The summed E-state index contributed by atoms with van der Waals surface area (Å²) < 4.78 is 10.1. The Balaban J connectivity index is 2.46.